The number of likely N-dealkylation sites (N-methyl/N-ethyl adjacent to an activating group) is 2. The van der Waals surface area contributed by atoms with E-state index in [2.05, 4.69) is 116 Å². The molecule has 2 aliphatic heterocycles. The zero-order valence-corrected chi connectivity index (χ0v) is 49.1. The Hall–Kier alpha value is -8.49. The minimum atomic E-state index is -0.866. The number of aliphatic carboxylic acids is 1. The number of carbonyl (C=O) groups excluding carboxylic acids is 2. The number of hydrogen-bond acceptors (Lipinski definition) is 15. The zero-order chi connectivity index (χ0) is 58.6. The van der Waals surface area contributed by atoms with Crippen LogP contribution in [0.25, 0.3) is 22.1 Å². The largest absolute Gasteiger partial charge is 0.497 e. The maximum Gasteiger partial charge on any atom is 0.410 e. The number of benzene rings is 3. The fourth-order valence-corrected chi connectivity index (χ4v) is 9.97. The molecule has 438 valence electrons. The van der Waals surface area contributed by atoms with Gasteiger partial charge < -0.3 is 45.6 Å². The molecular formula is C63H80N14O6. The summed E-state index contributed by atoms with van der Waals surface area (Å²) >= 11 is 0. The van der Waals surface area contributed by atoms with Gasteiger partial charge in [0, 0.05) is 99.4 Å². The molecule has 0 spiro atoms. The fourth-order valence-electron chi connectivity index (χ4n) is 9.97. The molecule has 20 heteroatoms. The molecule has 0 radical (unpaired) electrons. The summed E-state index contributed by atoms with van der Waals surface area (Å²) in [6.45, 7) is 14.5. The minimum Gasteiger partial charge on any atom is -0.497 e. The monoisotopic (exact) mass is 1130 g/mol. The molecule has 4 aliphatic rings. The average molecular weight is 1130 g/mol. The summed E-state index contributed by atoms with van der Waals surface area (Å²) < 4.78 is 12.8. The second-order valence-electron chi connectivity index (χ2n) is 23.0. The Balaban J connectivity index is 0.000000170. The van der Waals surface area contributed by atoms with Crippen LogP contribution in [0.2, 0.25) is 0 Å². The van der Waals surface area contributed by atoms with Crippen molar-refractivity contribution in [3.05, 3.63) is 138 Å². The number of amides is 2. The molecule has 11 rings (SSSR count). The number of likely N-dealkylation sites (tertiary alicyclic amines) is 2. The summed E-state index contributed by atoms with van der Waals surface area (Å²) in [7, 11) is 5.80. The number of fused-ring (bicyclic) bond motifs is 2. The van der Waals surface area contributed by atoms with Crippen LogP contribution in [0.1, 0.15) is 76.0 Å². The van der Waals surface area contributed by atoms with Crippen molar-refractivity contribution in [2.24, 2.45) is 0 Å². The third-order valence-electron chi connectivity index (χ3n) is 14.9. The number of nitrogens with one attached hydrogen (secondary N) is 5. The molecule has 6 N–H and O–H groups in total. The molecule has 2 aliphatic carbocycles. The Morgan fingerprint density at radius 3 is 1.81 bits per heavy atom. The van der Waals surface area contributed by atoms with E-state index in [1.807, 2.05) is 79.9 Å². The number of hydrogen-bond donors (Lipinski definition) is 6. The number of carbonyl (C=O) groups is 3. The highest BCUT2D eigenvalue weighted by Crippen LogP contribution is 2.35. The highest BCUT2D eigenvalue weighted by Gasteiger charge is 2.32. The lowest BCUT2D eigenvalue weighted by atomic mass is 10.2. The Kier molecular flexibility index (Phi) is 19.3. The Morgan fingerprint density at radius 2 is 1.24 bits per heavy atom. The van der Waals surface area contributed by atoms with Crippen LogP contribution in [0.4, 0.5) is 39.2 Å². The molecule has 0 bridgehead atoms. The van der Waals surface area contributed by atoms with Gasteiger partial charge in [0.05, 0.1) is 35.8 Å². The lowest BCUT2D eigenvalue weighted by molar-refractivity contribution is -0.131. The van der Waals surface area contributed by atoms with E-state index in [9.17, 15) is 14.4 Å². The number of nitrogens with zero attached hydrogens (tertiary/aromatic N) is 9. The van der Waals surface area contributed by atoms with Crippen LogP contribution < -0.4 is 26.0 Å². The van der Waals surface area contributed by atoms with E-state index in [1.54, 1.807) is 36.6 Å². The summed E-state index contributed by atoms with van der Waals surface area (Å²) in [4.78, 5) is 52.6. The van der Waals surface area contributed by atoms with Crippen molar-refractivity contribution in [1.82, 2.24) is 49.5 Å². The van der Waals surface area contributed by atoms with E-state index in [1.165, 1.54) is 42.9 Å². The van der Waals surface area contributed by atoms with Crippen LogP contribution in [0.3, 0.4) is 0 Å². The summed E-state index contributed by atoms with van der Waals surface area (Å²) in [6, 6.07) is 30.0. The number of H-pyrrole nitrogens is 1. The number of aryl methyl sites for hydroxylation is 2. The number of aromatic amines is 1. The molecule has 2 amide bonds. The van der Waals surface area contributed by atoms with Crippen molar-refractivity contribution >= 4 is 74.4 Å². The predicted molar refractivity (Wildman–Crippen MR) is 328 cm³/mol. The number of pyridine rings is 2. The number of rotatable bonds is 19. The van der Waals surface area contributed by atoms with E-state index >= 15 is 0 Å². The van der Waals surface area contributed by atoms with Crippen LogP contribution in [0.5, 0.6) is 5.75 Å². The van der Waals surface area contributed by atoms with Gasteiger partial charge in [-0.1, -0.05) is 59.7 Å². The summed E-state index contributed by atoms with van der Waals surface area (Å²) in [5.41, 5.74) is 8.32. The molecule has 3 aromatic carbocycles. The summed E-state index contributed by atoms with van der Waals surface area (Å²) in [5, 5.41) is 36.7. The number of carboxylic acid groups (broad SMARTS) is 1. The zero-order valence-electron chi connectivity index (χ0n) is 49.1. The van der Waals surface area contributed by atoms with Crippen LogP contribution in [-0.4, -0.2) is 163 Å². The minimum absolute atomic E-state index is 0.0393. The summed E-state index contributed by atoms with van der Waals surface area (Å²) in [5.74, 6) is 1.52. The lowest BCUT2D eigenvalue weighted by Crippen LogP contribution is -2.36. The molecule has 0 unspecified atom stereocenters. The average Bonchev–Trinajstić information content (AvgIpc) is 4.21. The van der Waals surface area contributed by atoms with Gasteiger partial charge in [-0.15, -0.1) is 0 Å². The first kappa shape index (κ1) is 59.1. The highest BCUT2D eigenvalue weighted by molar-refractivity contribution is 6.01. The van der Waals surface area contributed by atoms with Gasteiger partial charge in [-0.2, -0.15) is 10.2 Å². The van der Waals surface area contributed by atoms with Gasteiger partial charge >= 0.3 is 12.1 Å². The van der Waals surface area contributed by atoms with Crippen molar-refractivity contribution in [2.45, 2.75) is 109 Å². The van der Waals surface area contributed by atoms with Gasteiger partial charge in [-0.3, -0.25) is 19.7 Å². The standard InChI is InChI=1S/C30H36N6O3.C25H31N7O.C8H13NO2/c1-20-6-10-22(11-7-20)32-25-14-16-31-28-26(25)27(34-36(28)18-21-8-12-24(38-5)13-9-21)33-23-15-17-35(19-23)29(37)39-30(2,3)4;1-17-5-7-18(8-6-17)27-21-11-13-26-24-23(21)25(30-29-24)28-19-12-15-32(16-19)22(33)4-3-14-31(2)20-9-10-20;1-9(7-4-5-7)6-2-3-8(10)11/h6-14,16,23H,15,17-19H2,1-5H3,(H,31,32)(H,33,34);3-8,11,13,19-20H,9-10,12,14-16H2,1-2H3,(H3,26,27,28,29,30);2-3,7H,4-6H2,1H3,(H,10,11)/b;4-3+;3-2+/t23-;19-;/m11./s1. The van der Waals surface area contributed by atoms with E-state index in [0.29, 0.717) is 38.3 Å². The lowest BCUT2D eigenvalue weighted by Gasteiger charge is -2.24. The van der Waals surface area contributed by atoms with E-state index in [4.69, 9.17) is 24.7 Å². The van der Waals surface area contributed by atoms with Gasteiger partial charge in [0.15, 0.2) is 22.9 Å². The third kappa shape index (κ3) is 16.8. The van der Waals surface area contributed by atoms with Crippen molar-refractivity contribution in [3.8, 4) is 5.75 Å². The summed E-state index contributed by atoms with van der Waals surface area (Å²) in [6.07, 6.45) is 16.6. The van der Waals surface area contributed by atoms with Crippen molar-refractivity contribution in [3.63, 3.8) is 0 Å². The second-order valence-corrected chi connectivity index (χ2v) is 23.0. The van der Waals surface area contributed by atoms with Gasteiger partial charge in [0.25, 0.3) is 0 Å². The second kappa shape index (κ2) is 27.1. The maximum atomic E-state index is 12.6. The molecule has 2 saturated heterocycles. The Morgan fingerprint density at radius 1 is 0.699 bits per heavy atom. The number of ether oxygens (including phenoxy) is 2. The molecular weight excluding hydrogens is 1050 g/mol. The molecule has 4 aromatic heterocycles. The van der Waals surface area contributed by atoms with Gasteiger partial charge in [-0.25, -0.2) is 24.2 Å². The smallest absolute Gasteiger partial charge is 0.410 e. The first-order valence-electron chi connectivity index (χ1n) is 28.7. The molecule has 4 fully saturated rings. The highest BCUT2D eigenvalue weighted by atomic mass is 16.6. The van der Waals surface area contributed by atoms with Crippen LogP contribution >= 0.6 is 0 Å². The topological polar surface area (TPSA) is 223 Å². The molecule has 83 heavy (non-hydrogen) atoms. The van der Waals surface area contributed by atoms with Crippen molar-refractivity contribution < 1.29 is 29.0 Å². The SMILES string of the molecule is CN(C/C=C/C(=O)O)C1CC1.COc1ccc(Cn2nc(N[C@@H]3CCN(C(=O)OC(C)(C)C)C3)c3c(Nc4ccc(C)cc4)ccnc32)cc1.Cc1ccc(Nc2ccnc3[nH]nc(N[C@@H]4CCN(C(=O)/C=C/CN(C)C5CC5)C4)c23)cc1. The Bertz CT molecular complexity index is 3360. The fraction of sp³-hybridized carbons (Fsp3) is 0.413. The van der Waals surface area contributed by atoms with E-state index in [0.717, 1.165) is 100 Å². The number of methoxy groups -OCH3 is 1. The number of aromatic nitrogens is 6. The molecule has 2 saturated carbocycles. The van der Waals surface area contributed by atoms with E-state index in [-0.39, 0.29) is 24.1 Å². The van der Waals surface area contributed by atoms with Gasteiger partial charge in [0.1, 0.15) is 11.4 Å². The first-order chi connectivity index (χ1) is 39.9. The van der Waals surface area contributed by atoms with Crippen molar-refractivity contribution in [1.29, 1.82) is 0 Å². The Labute approximate surface area is 486 Å². The number of carboxylic acids is 1. The molecule has 6 heterocycles. The normalized spacial score (nSPS) is 17.0. The van der Waals surface area contributed by atoms with Gasteiger partial charge in [-0.05, 0) is 141 Å². The first-order valence-corrected chi connectivity index (χ1v) is 28.7. The molecule has 20 nitrogen and oxygen atoms in total. The van der Waals surface area contributed by atoms with Gasteiger partial charge in [0.2, 0.25) is 5.91 Å². The van der Waals surface area contributed by atoms with E-state index < -0.39 is 11.6 Å². The molecule has 7 aromatic rings. The van der Waals surface area contributed by atoms with Crippen LogP contribution in [0, 0.1) is 13.8 Å². The van der Waals surface area contributed by atoms with Crippen LogP contribution in [0.15, 0.2) is 122 Å². The van der Waals surface area contributed by atoms with Crippen LogP contribution in [-0.2, 0) is 20.9 Å². The molecule has 2 atom stereocenters. The predicted octanol–water partition coefficient (Wildman–Crippen LogP) is 10.4. The third-order valence-corrected chi connectivity index (χ3v) is 14.9. The maximum absolute atomic E-state index is 12.6. The van der Waals surface area contributed by atoms with Crippen molar-refractivity contribution in [2.75, 3.05) is 81.7 Å². The quantitative estimate of drug-likeness (QED) is 0.0414. The number of anilines is 6.